The third-order valence-corrected chi connectivity index (χ3v) is 2.17. The number of benzene rings is 1. The van der Waals surface area contributed by atoms with E-state index < -0.39 is 6.03 Å². The average molecular weight is 214 g/mol. The Morgan fingerprint density at radius 3 is 2.79 bits per heavy atom. The van der Waals surface area contributed by atoms with Gasteiger partial charge in [-0.1, -0.05) is 24.6 Å². The van der Waals surface area contributed by atoms with Gasteiger partial charge in [-0.15, -0.1) is 0 Å². The van der Waals surface area contributed by atoms with Gasteiger partial charge in [-0.2, -0.15) is 0 Å². The minimum atomic E-state index is -0.467. The maximum Gasteiger partial charge on any atom is 0.333 e. The molecular formula is C9H12ClN3O. The van der Waals surface area contributed by atoms with Crippen molar-refractivity contribution in [3.8, 4) is 0 Å². The van der Waals surface area contributed by atoms with E-state index in [0.29, 0.717) is 10.7 Å². The summed E-state index contributed by atoms with van der Waals surface area (Å²) in [5, 5.41) is 3.17. The highest BCUT2D eigenvalue weighted by atomic mass is 35.5. The van der Waals surface area contributed by atoms with Crippen molar-refractivity contribution in [3.05, 3.63) is 28.8 Å². The van der Waals surface area contributed by atoms with Gasteiger partial charge >= 0.3 is 6.03 Å². The van der Waals surface area contributed by atoms with Gasteiger partial charge < -0.3 is 5.32 Å². The summed E-state index contributed by atoms with van der Waals surface area (Å²) < 4.78 is 0. The summed E-state index contributed by atoms with van der Waals surface area (Å²) in [6.07, 6.45) is 0.863. The molecule has 2 amide bonds. The van der Waals surface area contributed by atoms with Gasteiger partial charge in [0.25, 0.3) is 0 Å². The van der Waals surface area contributed by atoms with E-state index >= 15 is 0 Å². The molecule has 0 bridgehead atoms. The first kappa shape index (κ1) is 10.8. The van der Waals surface area contributed by atoms with Crippen LogP contribution in [0.5, 0.6) is 0 Å². The van der Waals surface area contributed by atoms with Crippen molar-refractivity contribution in [2.24, 2.45) is 5.84 Å². The Labute approximate surface area is 87.4 Å². The number of rotatable bonds is 2. The van der Waals surface area contributed by atoms with E-state index in [4.69, 9.17) is 17.4 Å². The molecule has 0 atom stereocenters. The average Bonchev–Trinajstić information content (AvgIpc) is 2.18. The van der Waals surface area contributed by atoms with Crippen molar-refractivity contribution in [3.63, 3.8) is 0 Å². The van der Waals surface area contributed by atoms with Crippen LogP contribution in [0.2, 0.25) is 5.02 Å². The molecule has 0 spiro atoms. The van der Waals surface area contributed by atoms with Crippen molar-refractivity contribution in [1.82, 2.24) is 5.43 Å². The van der Waals surface area contributed by atoms with Gasteiger partial charge in [-0.3, -0.25) is 5.43 Å². The SMILES string of the molecule is CCc1ccc(NC(=O)NN)cc1Cl. The highest BCUT2D eigenvalue weighted by Gasteiger charge is 2.02. The number of carbonyl (C=O) groups excluding carboxylic acids is 1. The second kappa shape index (κ2) is 4.83. The van der Waals surface area contributed by atoms with Crippen LogP contribution in [0.25, 0.3) is 0 Å². The Bertz CT molecular complexity index is 341. The minimum absolute atomic E-state index is 0.467. The van der Waals surface area contributed by atoms with Crippen molar-refractivity contribution in [1.29, 1.82) is 0 Å². The normalized spacial score (nSPS) is 9.64. The summed E-state index contributed by atoms with van der Waals surface area (Å²) in [6, 6.07) is 4.87. The smallest absolute Gasteiger partial charge is 0.307 e. The Hall–Kier alpha value is -1.26. The first-order chi connectivity index (χ1) is 6.67. The number of halogens is 1. The van der Waals surface area contributed by atoms with Crippen molar-refractivity contribution < 1.29 is 4.79 Å². The number of aryl methyl sites for hydroxylation is 1. The third-order valence-electron chi connectivity index (χ3n) is 1.82. The minimum Gasteiger partial charge on any atom is -0.307 e. The van der Waals surface area contributed by atoms with Crippen molar-refractivity contribution >= 4 is 23.3 Å². The number of anilines is 1. The van der Waals surface area contributed by atoms with Crippen LogP contribution in [0, 0.1) is 0 Å². The fourth-order valence-corrected chi connectivity index (χ4v) is 1.39. The number of carbonyl (C=O) groups is 1. The zero-order valence-electron chi connectivity index (χ0n) is 7.80. The van der Waals surface area contributed by atoms with E-state index in [-0.39, 0.29) is 0 Å². The maximum absolute atomic E-state index is 10.9. The Kier molecular flexibility index (Phi) is 3.73. The number of hydrazine groups is 1. The van der Waals surface area contributed by atoms with E-state index in [1.165, 1.54) is 0 Å². The Morgan fingerprint density at radius 1 is 1.57 bits per heavy atom. The first-order valence-corrected chi connectivity index (χ1v) is 4.61. The van der Waals surface area contributed by atoms with E-state index in [2.05, 4.69) is 5.32 Å². The van der Waals surface area contributed by atoms with Gasteiger partial charge in [0.15, 0.2) is 0 Å². The molecule has 0 radical (unpaired) electrons. The first-order valence-electron chi connectivity index (χ1n) is 4.23. The molecule has 0 aromatic heterocycles. The number of urea groups is 1. The number of hydrogen-bond acceptors (Lipinski definition) is 2. The molecule has 0 unspecified atom stereocenters. The molecule has 4 nitrogen and oxygen atoms in total. The number of nitrogens with two attached hydrogens (primary N) is 1. The predicted molar refractivity (Wildman–Crippen MR) is 57.2 cm³/mol. The molecule has 5 heteroatoms. The van der Waals surface area contributed by atoms with Crippen LogP contribution >= 0.6 is 11.6 Å². The van der Waals surface area contributed by atoms with Crippen LogP contribution in [0.1, 0.15) is 12.5 Å². The maximum atomic E-state index is 10.9. The summed E-state index contributed by atoms with van der Waals surface area (Å²) >= 11 is 5.95. The Morgan fingerprint density at radius 2 is 2.29 bits per heavy atom. The highest BCUT2D eigenvalue weighted by Crippen LogP contribution is 2.21. The van der Waals surface area contributed by atoms with Gasteiger partial charge in [0, 0.05) is 10.7 Å². The zero-order valence-corrected chi connectivity index (χ0v) is 8.56. The lowest BCUT2D eigenvalue weighted by Gasteiger charge is -2.06. The van der Waals surface area contributed by atoms with Gasteiger partial charge in [-0.05, 0) is 24.1 Å². The summed E-state index contributed by atoms with van der Waals surface area (Å²) in [5.41, 5.74) is 3.64. The molecule has 0 saturated carbocycles. The number of hydrogen-bond donors (Lipinski definition) is 3. The molecule has 0 heterocycles. The van der Waals surface area contributed by atoms with Crippen LogP contribution in [0.3, 0.4) is 0 Å². The molecule has 0 fully saturated rings. The standard InChI is InChI=1S/C9H12ClN3O/c1-2-6-3-4-7(5-8(6)10)12-9(14)13-11/h3-5H,2,11H2,1H3,(H2,12,13,14). The van der Waals surface area contributed by atoms with Crippen molar-refractivity contribution in [2.45, 2.75) is 13.3 Å². The molecule has 0 aliphatic rings. The monoisotopic (exact) mass is 213 g/mol. The third kappa shape index (κ3) is 2.61. The van der Waals surface area contributed by atoms with E-state index in [1.807, 2.05) is 18.4 Å². The summed E-state index contributed by atoms with van der Waals surface area (Å²) in [4.78, 5) is 10.9. The lowest BCUT2D eigenvalue weighted by atomic mass is 10.1. The highest BCUT2D eigenvalue weighted by molar-refractivity contribution is 6.31. The molecule has 76 valence electrons. The van der Waals surface area contributed by atoms with E-state index in [9.17, 15) is 4.79 Å². The van der Waals surface area contributed by atoms with Crippen LogP contribution in [-0.2, 0) is 6.42 Å². The van der Waals surface area contributed by atoms with Crippen LogP contribution in [-0.4, -0.2) is 6.03 Å². The lowest BCUT2D eigenvalue weighted by Crippen LogP contribution is -2.34. The largest absolute Gasteiger partial charge is 0.333 e. The summed E-state index contributed by atoms with van der Waals surface area (Å²) in [5.74, 6) is 4.92. The molecule has 0 aliphatic heterocycles. The van der Waals surface area contributed by atoms with Crippen LogP contribution < -0.4 is 16.6 Å². The number of nitrogens with one attached hydrogen (secondary N) is 2. The van der Waals surface area contributed by atoms with Gasteiger partial charge in [0.2, 0.25) is 0 Å². The van der Waals surface area contributed by atoms with Crippen LogP contribution in [0.4, 0.5) is 10.5 Å². The Balaban J connectivity index is 2.81. The molecule has 1 rings (SSSR count). The molecule has 0 saturated heterocycles. The zero-order chi connectivity index (χ0) is 10.6. The predicted octanol–water partition coefficient (Wildman–Crippen LogP) is 1.90. The van der Waals surface area contributed by atoms with Crippen LogP contribution in [0.15, 0.2) is 18.2 Å². The van der Waals surface area contributed by atoms with E-state index in [1.54, 1.807) is 12.1 Å². The quantitative estimate of drug-likeness (QED) is 0.399. The van der Waals surface area contributed by atoms with Gasteiger partial charge in [0.1, 0.15) is 0 Å². The lowest BCUT2D eigenvalue weighted by molar-refractivity contribution is 0.252. The fourth-order valence-electron chi connectivity index (χ4n) is 1.08. The molecular weight excluding hydrogens is 202 g/mol. The van der Waals surface area contributed by atoms with E-state index in [0.717, 1.165) is 12.0 Å². The van der Waals surface area contributed by atoms with Gasteiger partial charge in [0.05, 0.1) is 0 Å². The second-order valence-corrected chi connectivity index (χ2v) is 3.17. The molecule has 1 aromatic carbocycles. The van der Waals surface area contributed by atoms with Crippen molar-refractivity contribution in [2.75, 3.05) is 5.32 Å². The molecule has 1 aromatic rings. The number of amides is 2. The molecule has 0 aliphatic carbocycles. The summed E-state index contributed by atoms with van der Waals surface area (Å²) in [6.45, 7) is 2.01. The summed E-state index contributed by atoms with van der Waals surface area (Å²) in [7, 11) is 0. The molecule has 14 heavy (non-hydrogen) atoms. The molecule has 4 N–H and O–H groups in total. The second-order valence-electron chi connectivity index (χ2n) is 2.76. The fraction of sp³-hybridized carbons (Fsp3) is 0.222. The van der Waals surface area contributed by atoms with Gasteiger partial charge in [-0.25, -0.2) is 10.6 Å². The topological polar surface area (TPSA) is 67.2 Å².